The van der Waals surface area contributed by atoms with Gasteiger partial charge in [-0.1, -0.05) is 42.1 Å². The second-order valence-electron chi connectivity index (χ2n) is 2.99. The number of nitrogens with one attached hydrogen (secondary N) is 1. The predicted molar refractivity (Wildman–Crippen MR) is 61.8 cm³/mol. The van der Waals surface area contributed by atoms with Crippen LogP contribution in [0.25, 0.3) is 0 Å². The van der Waals surface area contributed by atoms with Gasteiger partial charge in [0.1, 0.15) is 0 Å². The number of benzene rings is 2. The van der Waals surface area contributed by atoms with Gasteiger partial charge >= 0.3 is 0 Å². The van der Waals surface area contributed by atoms with E-state index < -0.39 is 0 Å². The predicted octanol–water partition coefficient (Wildman–Crippen LogP) is 4.50. The van der Waals surface area contributed by atoms with E-state index in [1.807, 2.05) is 54.6 Å². The Bertz CT molecular complexity index is 454. The molecule has 0 heterocycles. The Morgan fingerprint density at radius 1 is 0.867 bits per heavy atom. The lowest BCUT2D eigenvalue weighted by Crippen LogP contribution is -1.73. The molecule has 0 saturated carbocycles. The highest BCUT2D eigenvalue weighted by molar-refractivity contribution is 7.99. The van der Waals surface area contributed by atoms with Crippen molar-refractivity contribution < 1.29 is 0 Å². The standard InChI is InChI=1S/C12H10N2S/c13-14-11-8-4-5-9-12(11)15-10-6-2-1-3-7-10/h1-9,13H. The third-order valence-corrected chi connectivity index (χ3v) is 3.03. The first-order chi connectivity index (χ1) is 7.40. The molecule has 0 aromatic heterocycles. The third-order valence-electron chi connectivity index (χ3n) is 1.96. The van der Waals surface area contributed by atoms with Crippen LogP contribution < -0.4 is 0 Å². The fourth-order valence-electron chi connectivity index (χ4n) is 1.25. The molecule has 0 saturated heterocycles. The van der Waals surface area contributed by atoms with Crippen LogP contribution in [0.2, 0.25) is 0 Å². The molecule has 0 aliphatic carbocycles. The van der Waals surface area contributed by atoms with E-state index in [9.17, 15) is 0 Å². The second-order valence-corrected chi connectivity index (χ2v) is 4.11. The zero-order chi connectivity index (χ0) is 10.5. The first-order valence-corrected chi connectivity index (χ1v) is 5.41. The minimum absolute atomic E-state index is 0.714. The molecule has 2 aromatic rings. The van der Waals surface area contributed by atoms with Crippen LogP contribution in [0.5, 0.6) is 0 Å². The topological polar surface area (TPSA) is 36.2 Å². The number of para-hydroxylation sites is 1. The van der Waals surface area contributed by atoms with E-state index >= 15 is 0 Å². The molecular formula is C12H10N2S. The Morgan fingerprint density at radius 2 is 1.53 bits per heavy atom. The summed E-state index contributed by atoms with van der Waals surface area (Å²) in [5.74, 6) is 0. The van der Waals surface area contributed by atoms with Crippen molar-refractivity contribution in [3.8, 4) is 0 Å². The minimum atomic E-state index is 0.714. The van der Waals surface area contributed by atoms with E-state index in [0.29, 0.717) is 5.69 Å². The van der Waals surface area contributed by atoms with Crippen molar-refractivity contribution in [1.82, 2.24) is 0 Å². The van der Waals surface area contributed by atoms with Gasteiger partial charge in [-0.15, -0.1) is 0 Å². The molecule has 1 N–H and O–H groups in total. The normalized spacial score (nSPS) is 9.87. The summed E-state index contributed by atoms with van der Waals surface area (Å²) in [6.07, 6.45) is 0. The van der Waals surface area contributed by atoms with Crippen LogP contribution in [-0.4, -0.2) is 0 Å². The van der Waals surface area contributed by atoms with Gasteiger partial charge in [0.15, 0.2) is 0 Å². The second kappa shape index (κ2) is 4.75. The van der Waals surface area contributed by atoms with Gasteiger partial charge in [0, 0.05) is 9.79 Å². The van der Waals surface area contributed by atoms with Crippen molar-refractivity contribution in [2.75, 3.05) is 0 Å². The maximum atomic E-state index is 7.06. The summed E-state index contributed by atoms with van der Waals surface area (Å²) in [5, 5.41) is 3.50. The first kappa shape index (κ1) is 9.93. The summed E-state index contributed by atoms with van der Waals surface area (Å²) in [4.78, 5) is 2.17. The molecule has 0 radical (unpaired) electrons. The Morgan fingerprint density at radius 3 is 2.27 bits per heavy atom. The molecule has 2 aromatic carbocycles. The van der Waals surface area contributed by atoms with Crippen molar-refractivity contribution in [3.05, 3.63) is 54.6 Å². The van der Waals surface area contributed by atoms with Crippen LogP contribution in [0.15, 0.2) is 69.5 Å². The SMILES string of the molecule is N=Nc1ccccc1Sc1ccccc1. The largest absolute Gasteiger partial charge is 0.204 e. The zero-order valence-corrected chi connectivity index (χ0v) is 8.87. The molecule has 0 unspecified atom stereocenters. The molecule has 3 heteroatoms. The molecule has 15 heavy (non-hydrogen) atoms. The van der Waals surface area contributed by atoms with Crippen molar-refractivity contribution in [2.24, 2.45) is 5.11 Å². The summed E-state index contributed by atoms with van der Waals surface area (Å²) in [5.41, 5.74) is 7.78. The van der Waals surface area contributed by atoms with E-state index in [1.165, 1.54) is 0 Å². The van der Waals surface area contributed by atoms with Crippen molar-refractivity contribution in [2.45, 2.75) is 9.79 Å². The van der Waals surface area contributed by atoms with Gasteiger partial charge in [-0.25, -0.2) is 5.53 Å². The maximum Gasteiger partial charge on any atom is 0.0989 e. The average molecular weight is 214 g/mol. The van der Waals surface area contributed by atoms with E-state index in [2.05, 4.69) is 5.11 Å². The molecule has 0 amide bonds. The molecule has 0 aliphatic heterocycles. The molecule has 0 spiro atoms. The van der Waals surface area contributed by atoms with Crippen LogP contribution in [0.3, 0.4) is 0 Å². The van der Waals surface area contributed by atoms with Gasteiger partial charge in [-0.3, -0.25) is 0 Å². The molecule has 0 bridgehead atoms. The summed E-state index contributed by atoms with van der Waals surface area (Å²) in [6.45, 7) is 0. The van der Waals surface area contributed by atoms with Crippen LogP contribution in [0, 0.1) is 5.53 Å². The van der Waals surface area contributed by atoms with Crippen molar-refractivity contribution in [3.63, 3.8) is 0 Å². The van der Waals surface area contributed by atoms with E-state index in [-0.39, 0.29) is 0 Å². The smallest absolute Gasteiger partial charge is 0.0989 e. The molecule has 2 nitrogen and oxygen atoms in total. The number of hydrogen-bond acceptors (Lipinski definition) is 3. The summed E-state index contributed by atoms with van der Waals surface area (Å²) in [6, 6.07) is 17.8. The number of rotatable bonds is 3. The highest BCUT2D eigenvalue weighted by Crippen LogP contribution is 2.34. The van der Waals surface area contributed by atoms with E-state index in [4.69, 9.17) is 5.53 Å². The number of nitrogens with zero attached hydrogens (tertiary/aromatic N) is 1. The lowest BCUT2D eigenvalue weighted by molar-refractivity contribution is 1.12. The zero-order valence-electron chi connectivity index (χ0n) is 8.05. The van der Waals surface area contributed by atoms with Crippen molar-refractivity contribution >= 4 is 17.4 Å². The maximum absolute atomic E-state index is 7.06. The Balaban J connectivity index is 2.28. The highest BCUT2D eigenvalue weighted by atomic mass is 32.2. The monoisotopic (exact) mass is 214 g/mol. The lowest BCUT2D eigenvalue weighted by atomic mass is 10.3. The molecule has 74 valence electrons. The molecular weight excluding hydrogens is 204 g/mol. The van der Waals surface area contributed by atoms with Gasteiger partial charge in [-0.2, -0.15) is 5.11 Å². The Labute approximate surface area is 92.8 Å². The molecule has 0 fully saturated rings. The summed E-state index contributed by atoms with van der Waals surface area (Å²) in [7, 11) is 0. The number of hydrogen-bond donors (Lipinski definition) is 1. The van der Waals surface area contributed by atoms with Crippen LogP contribution in [0.1, 0.15) is 0 Å². The summed E-state index contributed by atoms with van der Waals surface area (Å²) < 4.78 is 0. The minimum Gasteiger partial charge on any atom is -0.204 e. The van der Waals surface area contributed by atoms with Gasteiger partial charge in [0.2, 0.25) is 0 Å². The molecule has 2 rings (SSSR count). The molecule has 0 atom stereocenters. The van der Waals surface area contributed by atoms with Gasteiger partial charge < -0.3 is 0 Å². The van der Waals surface area contributed by atoms with Crippen LogP contribution >= 0.6 is 11.8 Å². The first-order valence-electron chi connectivity index (χ1n) is 4.59. The lowest BCUT2D eigenvalue weighted by Gasteiger charge is -2.03. The van der Waals surface area contributed by atoms with Gasteiger partial charge in [0.05, 0.1) is 5.69 Å². The highest BCUT2D eigenvalue weighted by Gasteiger charge is 2.01. The quantitative estimate of drug-likeness (QED) is 0.750. The Kier molecular flexibility index (Phi) is 3.15. The van der Waals surface area contributed by atoms with Gasteiger partial charge in [0.25, 0.3) is 0 Å². The van der Waals surface area contributed by atoms with Gasteiger partial charge in [-0.05, 0) is 24.3 Å². The fourth-order valence-corrected chi connectivity index (χ4v) is 2.16. The third kappa shape index (κ3) is 2.44. The summed E-state index contributed by atoms with van der Waals surface area (Å²) >= 11 is 1.63. The van der Waals surface area contributed by atoms with E-state index in [1.54, 1.807) is 11.8 Å². The fraction of sp³-hybridized carbons (Fsp3) is 0. The average Bonchev–Trinajstić information content (AvgIpc) is 2.31. The van der Waals surface area contributed by atoms with Crippen LogP contribution in [-0.2, 0) is 0 Å². The van der Waals surface area contributed by atoms with Crippen LogP contribution in [0.4, 0.5) is 5.69 Å². The van der Waals surface area contributed by atoms with Crippen molar-refractivity contribution in [1.29, 1.82) is 5.53 Å². The Hall–Kier alpha value is -1.61. The van der Waals surface area contributed by atoms with E-state index in [0.717, 1.165) is 9.79 Å². The molecule has 0 aliphatic rings.